The summed E-state index contributed by atoms with van der Waals surface area (Å²) in [6, 6.07) is 17.6. The number of benzene rings is 2. The second-order valence-electron chi connectivity index (χ2n) is 7.07. The van der Waals surface area contributed by atoms with Gasteiger partial charge in [0.05, 0.1) is 12.0 Å². The average molecular weight is 404 g/mol. The number of nitrogens with one attached hydrogen (secondary N) is 1. The smallest absolute Gasteiger partial charge is 0.254 e. The highest BCUT2D eigenvalue weighted by molar-refractivity contribution is 7.10. The molecule has 4 rings (SSSR count). The van der Waals surface area contributed by atoms with E-state index in [1.807, 2.05) is 29.6 Å². The van der Waals surface area contributed by atoms with Crippen LogP contribution in [0.1, 0.15) is 50.0 Å². The lowest BCUT2D eigenvalue weighted by molar-refractivity contribution is -0.119. The molecular weight excluding hydrogens is 384 g/mol. The zero-order chi connectivity index (χ0) is 20.5. The molecule has 29 heavy (non-hydrogen) atoms. The molecule has 6 heteroatoms. The normalized spacial score (nSPS) is 18.3. The van der Waals surface area contributed by atoms with E-state index >= 15 is 0 Å². The molecule has 2 aromatic carbocycles. The quantitative estimate of drug-likeness (QED) is 0.651. The summed E-state index contributed by atoms with van der Waals surface area (Å²) in [6.45, 7) is 1.49. The highest BCUT2D eigenvalue weighted by atomic mass is 32.1. The van der Waals surface area contributed by atoms with E-state index in [0.29, 0.717) is 22.4 Å². The molecule has 1 aliphatic rings. The first-order chi connectivity index (χ1) is 14.0. The lowest BCUT2D eigenvalue weighted by atomic mass is 9.81. The van der Waals surface area contributed by atoms with Gasteiger partial charge in [-0.2, -0.15) is 0 Å². The summed E-state index contributed by atoms with van der Waals surface area (Å²) in [5.74, 6) is -0.933. The first-order valence-corrected chi connectivity index (χ1v) is 10.2. The van der Waals surface area contributed by atoms with Crippen molar-refractivity contribution >= 4 is 34.6 Å². The predicted octanol–water partition coefficient (Wildman–Crippen LogP) is 4.50. The van der Waals surface area contributed by atoms with Crippen LogP contribution in [-0.2, 0) is 4.79 Å². The van der Waals surface area contributed by atoms with Gasteiger partial charge in [-0.15, -0.1) is 11.3 Å². The van der Waals surface area contributed by atoms with Gasteiger partial charge in [-0.3, -0.25) is 14.4 Å². The molecule has 5 nitrogen and oxygen atoms in total. The highest BCUT2D eigenvalue weighted by Crippen LogP contribution is 2.43. The minimum absolute atomic E-state index is 0.0640. The maximum Gasteiger partial charge on any atom is 0.254 e. The van der Waals surface area contributed by atoms with E-state index in [-0.39, 0.29) is 17.6 Å². The molecule has 0 unspecified atom stereocenters. The number of carbonyl (C=O) groups is 3. The van der Waals surface area contributed by atoms with Crippen LogP contribution in [0, 0.1) is 0 Å². The van der Waals surface area contributed by atoms with Crippen LogP contribution in [0.4, 0.5) is 5.69 Å². The number of likely N-dealkylation sites (N-methyl/N-ethyl adjacent to an activating group) is 1. The van der Waals surface area contributed by atoms with Crippen LogP contribution in [-0.4, -0.2) is 29.5 Å². The average Bonchev–Trinajstić information content (AvgIpc) is 3.25. The third-order valence-corrected chi connectivity index (χ3v) is 6.18. The van der Waals surface area contributed by atoms with E-state index in [1.54, 1.807) is 48.3 Å². The summed E-state index contributed by atoms with van der Waals surface area (Å²) in [5, 5.41) is 4.89. The summed E-state index contributed by atoms with van der Waals surface area (Å²) in [4.78, 5) is 40.6. The van der Waals surface area contributed by atoms with Crippen LogP contribution in [0.25, 0.3) is 0 Å². The minimum Gasteiger partial charge on any atom is -0.333 e. The maximum atomic E-state index is 13.4. The summed E-state index contributed by atoms with van der Waals surface area (Å²) in [5.41, 5.74) is 2.35. The molecule has 2 atom stereocenters. The first kappa shape index (κ1) is 19.1. The molecule has 146 valence electrons. The van der Waals surface area contributed by atoms with Crippen LogP contribution >= 0.6 is 11.3 Å². The number of thiophene rings is 1. The Hall–Kier alpha value is -3.25. The van der Waals surface area contributed by atoms with Crippen LogP contribution in [0.2, 0.25) is 0 Å². The molecule has 2 heterocycles. The molecule has 0 fully saturated rings. The number of carbonyl (C=O) groups excluding carboxylic acids is 3. The molecule has 3 aromatic rings. The van der Waals surface area contributed by atoms with Gasteiger partial charge in [-0.05, 0) is 42.1 Å². The summed E-state index contributed by atoms with van der Waals surface area (Å²) in [7, 11) is 1.74. The Labute approximate surface area is 173 Å². The number of amides is 2. The number of ketones is 1. The molecule has 0 radical (unpaired) electrons. The van der Waals surface area contributed by atoms with E-state index in [2.05, 4.69) is 5.32 Å². The Balaban J connectivity index is 1.76. The number of hydrogen-bond acceptors (Lipinski definition) is 4. The van der Waals surface area contributed by atoms with Crippen molar-refractivity contribution in [3.05, 3.63) is 87.6 Å². The second kappa shape index (κ2) is 7.64. The van der Waals surface area contributed by atoms with Crippen molar-refractivity contribution in [2.45, 2.75) is 18.9 Å². The van der Waals surface area contributed by atoms with Crippen molar-refractivity contribution in [3.63, 3.8) is 0 Å². The van der Waals surface area contributed by atoms with E-state index in [1.165, 1.54) is 18.3 Å². The molecule has 2 amide bonds. The van der Waals surface area contributed by atoms with Crippen molar-refractivity contribution in [1.29, 1.82) is 0 Å². The number of rotatable bonds is 4. The zero-order valence-electron chi connectivity index (χ0n) is 16.1. The molecular formula is C23H20N2O3S. The van der Waals surface area contributed by atoms with Crippen LogP contribution in [0.3, 0.4) is 0 Å². The van der Waals surface area contributed by atoms with Crippen molar-refractivity contribution in [1.82, 2.24) is 4.90 Å². The van der Waals surface area contributed by atoms with Gasteiger partial charge in [0.15, 0.2) is 5.78 Å². The number of nitrogens with zero attached hydrogens (tertiary/aromatic N) is 1. The lowest BCUT2D eigenvalue weighted by Gasteiger charge is -2.39. The maximum absolute atomic E-state index is 13.4. The zero-order valence-corrected chi connectivity index (χ0v) is 16.9. The Morgan fingerprint density at radius 2 is 1.83 bits per heavy atom. The van der Waals surface area contributed by atoms with Crippen LogP contribution in [0.5, 0.6) is 0 Å². The number of anilines is 1. The first-order valence-electron chi connectivity index (χ1n) is 9.28. The van der Waals surface area contributed by atoms with E-state index < -0.39 is 12.0 Å². The van der Waals surface area contributed by atoms with Crippen LogP contribution < -0.4 is 5.32 Å². The standard InChI is InChI=1S/C23H20N2O3S/c1-14(26)15-7-5-8-16(13-15)24-22(27)20-17-9-3-4-10-18(17)23(28)25(2)21(20)19-11-6-12-29-19/h3-13,20-21H,1-2H3,(H,24,27)/t20-,21+/m1/s1. The molecule has 1 aromatic heterocycles. The minimum atomic E-state index is -0.562. The van der Waals surface area contributed by atoms with Crippen molar-refractivity contribution in [3.8, 4) is 0 Å². The summed E-state index contributed by atoms with van der Waals surface area (Å²) < 4.78 is 0. The molecule has 0 bridgehead atoms. The molecule has 0 saturated heterocycles. The predicted molar refractivity (Wildman–Crippen MR) is 113 cm³/mol. The van der Waals surface area contributed by atoms with Gasteiger partial charge in [0.1, 0.15) is 0 Å². The van der Waals surface area contributed by atoms with Crippen molar-refractivity contribution in [2.24, 2.45) is 0 Å². The Kier molecular flexibility index (Phi) is 5.03. The van der Waals surface area contributed by atoms with Gasteiger partial charge in [0, 0.05) is 28.7 Å². The lowest BCUT2D eigenvalue weighted by Crippen LogP contribution is -2.43. The Morgan fingerprint density at radius 3 is 2.55 bits per heavy atom. The van der Waals surface area contributed by atoms with Gasteiger partial charge < -0.3 is 10.2 Å². The molecule has 0 saturated carbocycles. The SMILES string of the molecule is CC(=O)c1cccc(NC(=O)[C@@H]2c3ccccc3C(=O)N(C)[C@H]2c2cccs2)c1. The van der Waals surface area contributed by atoms with Gasteiger partial charge >= 0.3 is 0 Å². The fourth-order valence-electron chi connectivity index (χ4n) is 3.81. The Bertz CT molecular complexity index is 1090. The second-order valence-corrected chi connectivity index (χ2v) is 8.05. The number of hydrogen-bond donors (Lipinski definition) is 1. The third kappa shape index (κ3) is 3.47. The molecule has 1 aliphatic heterocycles. The molecule has 0 aliphatic carbocycles. The van der Waals surface area contributed by atoms with E-state index in [9.17, 15) is 14.4 Å². The fourth-order valence-corrected chi connectivity index (χ4v) is 4.71. The monoisotopic (exact) mass is 404 g/mol. The number of fused-ring (bicyclic) bond motifs is 1. The molecule has 0 spiro atoms. The van der Waals surface area contributed by atoms with Crippen molar-refractivity contribution in [2.75, 3.05) is 12.4 Å². The largest absolute Gasteiger partial charge is 0.333 e. The van der Waals surface area contributed by atoms with Crippen molar-refractivity contribution < 1.29 is 14.4 Å². The number of Topliss-reactive ketones (excluding diaryl/α,β-unsaturated/α-hetero) is 1. The molecule has 1 N–H and O–H groups in total. The van der Waals surface area contributed by atoms with Gasteiger partial charge in [0.2, 0.25) is 5.91 Å². The van der Waals surface area contributed by atoms with E-state index in [0.717, 1.165) is 4.88 Å². The van der Waals surface area contributed by atoms with Crippen LogP contribution in [0.15, 0.2) is 66.0 Å². The van der Waals surface area contributed by atoms with Gasteiger partial charge in [-0.25, -0.2) is 0 Å². The van der Waals surface area contributed by atoms with Gasteiger partial charge in [-0.1, -0.05) is 36.4 Å². The van der Waals surface area contributed by atoms with E-state index in [4.69, 9.17) is 0 Å². The highest BCUT2D eigenvalue weighted by Gasteiger charge is 2.43. The third-order valence-electron chi connectivity index (χ3n) is 5.23. The topological polar surface area (TPSA) is 66.5 Å². The fraction of sp³-hybridized carbons (Fsp3) is 0.174. The summed E-state index contributed by atoms with van der Waals surface area (Å²) >= 11 is 1.53. The van der Waals surface area contributed by atoms with Gasteiger partial charge in [0.25, 0.3) is 5.91 Å². The summed E-state index contributed by atoms with van der Waals surface area (Å²) in [6.07, 6.45) is 0. The Morgan fingerprint density at radius 1 is 1.03 bits per heavy atom.